The molecule has 1 rings (SSSR count). The summed E-state index contributed by atoms with van der Waals surface area (Å²) in [5.74, 6) is 0. The molecule has 0 unspecified atom stereocenters. The van der Waals surface area contributed by atoms with E-state index in [9.17, 15) is 4.79 Å². The minimum atomic E-state index is -0.100. The van der Waals surface area contributed by atoms with E-state index in [1.54, 1.807) is 12.3 Å². The minimum absolute atomic E-state index is 0.100. The van der Waals surface area contributed by atoms with E-state index >= 15 is 0 Å². The fourth-order valence-corrected chi connectivity index (χ4v) is 1.27. The lowest BCUT2D eigenvalue weighted by Gasteiger charge is -1.95. The van der Waals surface area contributed by atoms with Crippen LogP contribution in [0, 0.1) is 0 Å². The fraction of sp³-hybridized carbons (Fsp3) is 0.333. The molecule has 0 fully saturated rings. The molecule has 0 aromatic carbocycles. The van der Waals surface area contributed by atoms with Gasteiger partial charge in [0.1, 0.15) is 0 Å². The van der Waals surface area contributed by atoms with Crippen molar-refractivity contribution in [2.45, 2.75) is 5.16 Å². The van der Waals surface area contributed by atoms with Crippen molar-refractivity contribution in [3.05, 3.63) is 28.2 Å². The lowest BCUT2D eigenvalue weighted by atomic mass is 10.3. The topological polar surface area (TPSA) is 57.8 Å². The van der Waals surface area contributed by atoms with E-state index < -0.39 is 0 Å². The van der Waals surface area contributed by atoms with Gasteiger partial charge in [0.25, 0.3) is 5.56 Å². The summed E-state index contributed by atoms with van der Waals surface area (Å²) in [6, 6.07) is 0. The van der Waals surface area contributed by atoms with Crippen molar-refractivity contribution >= 4 is 17.8 Å². The minimum Gasteiger partial charge on any atom is -0.316 e. The second kappa shape index (κ2) is 5.62. The predicted molar refractivity (Wildman–Crippen MR) is 59.6 cm³/mol. The van der Waals surface area contributed by atoms with E-state index in [-0.39, 0.29) is 5.56 Å². The van der Waals surface area contributed by atoms with Crippen LogP contribution in [0.3, 0.4) is 0 Å². The van der Waals surface area contributed by atoms with Gasteiger partial charge in [0, 0.05) is 12.7 Å². The van der Waals surface area contributed by atoms with Gasteiger partial charge < -0.3 is 10.3 Å². The average Bonchev–Trinajstić information content (AvgIpc) is 2.20. The van der Waals surface area contributed by atoms with Crippen LogP contribution in [0.2, 0.25) is 0 Å². The Labute approximate surface area is 86.8 Å². The van der Waals surface area contributed by atoms with Crippen molar-refractivity contribution in [1.82, 2.24) is 15.3 Å². The highest BCUT2D eigenvalue weighted by Gasteiger charge is 1.97. The predicted octanol–water partition coefficient (Wildman–Crippen LogP) is 0.724. The molecular weight excluding hydrogens is 198 g/mol. The van der Waals surface area contributed by atoms with Gasteiger partial charge in [-0.1, -0.05) is 23.9 Å². The zero-order valence-electron chi connectivity index (χ0n) is 8.20. The van der Waals surface area contributed by atoms with E-state index in [2.05, 4.69) is 15.3 Å². The van der Waals surface area contributed by atoms with E-state index in [1.807, 2.05) is 19.4 Å². The van der Waals surface area contributed by atoms with Crippen molar-refractivity contribution in [1.29, 1.82) is 0 Å². The quantitative estimate of drug-likeness (QED) is 0.569. The van der Waals surface area contributed by atoms with Gasteiger partial charge in [-0.05, 0) is 13.3 Å². The first-order chi connectivity index (χ1) is 6.77. The number of aromatic amines is 1. The highest BCUT2D eigenvalue weighted by Crippen LogP contribution is 2.04. The van der Waals surface area contributed by atoms with Crippen LogP contribution in [-0.2, 0) is 0 Å². The summed E-state index contributed by atoms with van der Waals surface area (Å²) < 4.78 is 0. The van der Waals surface area contributed by atoms with Gasteiger partial charge in [-0.2, -0.15) is 0 Å². The molecule has 0 atom stereocenters. The zero-order valence-corrected chi connectivity index (χ0v) is 9.02. The van der Waals surface area contributed by atoms with Crippen LogP contribution in [0.15, 0.2) is 22.2 Å². The molecule has 76 valence electrons. The first kappa shape index (κ1) is 11.0. The Kier molecular flexibility index (Phi) is 4.42. The maximum Gasteiger partial charge on any atom is 0.258 e. The van der Waals surface area contributed by atoms with Gasteiger partial charge in [-0.3, -0.25) is 4.79 Å². The number of likely N-dealkylation sites (N-methyl/N-ethyl adjacent to an activating group) is 1. The number of hydrogen-bond donors (Lipinski definition) is 2. The number of rotatable bonds is 4. The van der Waals surface area contributed by atoms with Gasteiger partial charge in [0.2, 0.25) is 0 Å². The highest BCUT2D eigenvalue weighted by atomic mass is 32.2. The molecule has 0 saturated heterocycles. The van der Waals surface area contributed by atoms with Gasteiger partial charge in [0.15, 0.2) is 5.16 Å². The van der Waals surface area contributed by atoms with Crippen LogP contribution in [0.1, 0.15) is 5.56 Å². The molecule has 0 aliphatic rings. The lowest BCUT2D eigenvalue weighted by Crippen LogP contribution is -2.11. The third-order valence-corrected chi connectivity index (χ3v) is 2.21. The second-order valence-corrected chi connectivity index (χ2v) is 3.43. The summed E-state index contributed by atoms with van der Waals surface area (Å²) in [5, 5.41) is 3.60. The molecule has 4 nitrogen and oxygen atoms in total. The number of thioether (sulfide) groups is 1. The van der Waals surface area contributed by atoms with E-state index in [0.29, 0.717) is 10.7 Å². The number of aromatic nitrogens is 2. The molecule has 2 N–H and O–H groups in total. The Bertz CT molecular complexity index is 373. The largest absolute Gasteiger partial charge is 0.316 e. The summed E-state index contributed by atoms with van der Waals surface area (Å²) in [5.41, 5.74) is 0.481. The van der Waals surface area contributed by atoms with Crippen LogP contribution in [0.5, 0.6) is 0 Å². The summed E-state index contributed by atoms with van der Waals surface area (Å²) in [6.45, 7) is 0.740. The van der Waals surface area contributed by atoms with Crippen LogP contribution in [-0.4, -0.2) is 29.8 Å². The van der Waals surface area contributed by atoms with Crippen LogP contribution >= 0.6 is 11.8 Å². The van der Waals surface area contributed by atoms with Crippen molar-refractivity contribution in [3.8, 4) is 0 Å². The van der Waals surface area contributed by atoms with Crippen LogP contribution in [0.4, 0.5) is 0 Å². The van der Waals surface area contributed by atoms with E-state index in [4.69, 9.17) is 0 Å². The smallest absolute Gasteiger partial charge is 0.258 e. The first-order valence-electron chi connectivity index (χ1n) is 4.22. The third kappa shape index (κ3) is 3.01. The summed E-state index contributed by atoms with van der Waals surface area (Å²) in [7, 11) is 1.85. The molecule has 14 heavy (non-hydrogen) atoms. The maximum absolute atomic E-state index is 11.4. The normalized spacial score (nSPS) is 11.0. The Morgan fingerprint density at radius 3 is 3.07 bits per heavy atom. The van der Waals surface area contributed by atoms with Crippen molar-refractivity contribution in [2.24, 2.45) is 0 Å². The van der Waals surface area contributed by atoms with Crippen LogP contribution in [0.25, 0.3) is 6.08 Å². The fourth-order valence-electron chi connectivity index (χ4n) is 0.915. The Morgan fingerprint density at radius 1 is 1.71 bits per heavy atom. The summed E-state index contributed by atoms with van der Waals surface area (Å²) in [6.07, 6.45) is 7.09. The molecule has 1 aromatic rings. The zero-order chi connectivity index (χ0) is 10.4. The van der Waals surface area contributed by atoms with Crippen molar-refractivity contribution in [2.75, 3.05) is 19.8 Å². The Hall–Kier alpha value is -1.07. The average molecular weight is 211 g/mol. The molecule has 0 spiro atoms. The SMILES string of the molecule is CNCC=Cc1cnc(SC)[nH]c1=O. The van der Waals surface area contributed by atoms with E-state index in [1.165, 1.54) is 11.8 Å². The monoisotopic (exact) mass is 211 g/mol. The molecule has 0 bridgehead atoms. The molecule has 5 heteroatoms. The van der Waals surface area contributed by atoms with Gasteiger partial charge >= 0.3 is 0 Å². The molecule has 0 amide bonds. The number of nitrogens with zero attached hydrogens (tertiary/aromatic N) is 1. The van der Waals surface area contributed by atoms with Crippen LogP contribution < -0.4 is 10.9 Å². The Balaban J connectivity index is 2.84. The molecule has 1 heterocycles. The number of hydrogen-bond acceptors (Lipinski definition) is 4. The molecule has 0 saturated carbocycles. The molecule has 0 aliphatic carbocycles. The van der Waals surface area contributed by atoms with Crippen molar-refractivity contribution < 1.29 is 0 Å². The first-order valence-corrected chi connectivity index (χ1v) is 5.45. The second-order valence-electron chi connectivity index (χ2n) is 2.64. The van der Waals surface area contributed by atoms with Crippen molar-refractivity contribution in [3.63, 3.8) is 0 Å². The number of nitrogens with one attached hydrogen (secondary N) is 2. The third-order valence-electron chi connectivity index (χ3n) is 1.62. The maximum atomic E-state index is 11.4. The lowest BCUT2D eigenvalue weighted by molar-refractivity contribution is 0.918. The molecular formula is C9H13N3OS. The summed E-state index contributed by atoms with van der Waals surface area (Å²) >= 11 is 1.42. The summed E-state index contributed by atoms with van der Waals surface area (Å²) in [4.78, 5) is 18.2. The highest BCUT2D eigenvalue weighted by molar-refractivity contribution is 7.98. The standard InChI is InChI=1S/C9H13N3OS/c1-10-5-3-4-7-6-11-9(14-2)12-8(7)13/h3-4,6,10H,5H2,1-2H3,(H,11,12,13). The molecule has 1 aromatic heterocycles. The van der Waals surface area contributed by atoms with Gasteiger partial charge in [0.05, 0.1) is 5.56 Å². The van der Waals surface area contributed by atoms with E-state index in [0.717, 1.165) is 6.54 Å². The molecule has 0 aliphatic heterocycles. The number of H-pyrrole nitrogens is 1. The van der Waals surface area contributed by atoms with Gasteiger partial charge in [-0.25, -0.2) is 4.98 Å². The van der Waals surface area contributed by atoms with Gasteiger partial charge in [-0.15, -0.1) is 0 Å². The molecule has 0 radical (unpaired) electrons. The Morgan fingerprint density at radius 2 is 2.50 bits per heavy atom.